The van der Waals surface area contributed by atoms with Crippen molar-refractivity contribution in [1.29, 1.82) is 0 Å². The lowest BCUT2D eigenvalue weighted by atomic mass is 10.0. The minimum absolute atomic E-state index is 0.0182. The van der Waals surface area contributed by atoms with E-state index < -0.39 is 17.5 Å². The van der Waals surface area contributed by atoms with Crippen molar-refractivity contribution in [2.24, 2.45) is 0 Å². The molecule has 0 spiro atoms. The number of benzene rings is 1. The molecular formula is C24H20F3N7O3. The van der Waals surface area contributed by atoms with Gasteiger partial charge < -0.3 is 19.9 Å². The fourth-order valence-electron chi connectivity index (χ4n) is 4.20. The number of hydrogen-bond donors (Lipinski definition) is 2. The molecule has 1 aromatic carbocycles. The fourth-order valence-corrected chi connectivity index (χ4v) is 4.20. The van der Waals surface area contributed by atoms with Crippen molar-refractivity contribution < 1.29 is 27.2 Å². The van der Waals surface area contributed by atoms with E-state index in [1.807, 2.05) is 12.1 Å². The first-order valence-corrected chi connectivity index (χ1v) is 11.5. The van der Waals surface area contributed by atoms with Gasteiger partial charge in [0, 0.05) is 24.0 Å². The third kappa shape index (κ3) is 4.36. The summed E-state index contributed by atoms with van der Waals surface area (Å²) in [6, 6.07) is 8.38. The quantitative estimate of drug-likeness (QED) is 0.378. The van der Waals surface area contributed by atoms with Crippen LogP contribution in [0.5, 0.6) is 5.88 Å². The van der Waals surface area contributed by atoms with E-state index in [2.05, 4.69) is 30.9 Å². The largest absolute Gasteiger partial charge is 0.474 e. The molecule has 37 heavy (non-hydrogen) atoms. The zero-order chi connectivity index (χ0) is 25.6. The molecular weight excluding hydrogens is 491 g/mol. The lowest BCUT2D eigenvalue weighted by molar-refractivity contribution is -0.165. The number of fused-ring (bicyclic) bond motifs is 1. The maximum Gasteiger partial charge on any atom is 0.401 e. The summed E-state index contributed by atoms with van der Waals surface area (Å²) in [6.07, 6.45) is 0.536. The molecule has 2 N–H and O–H groups in total. The zero-order valence-electron chi connectivity index (χ0n) is 19.2. The average molecular weight is 511 g/mol. The lowest BCUT2D eigenvalue weighted by Gasteiger charge is -2.14. The molecule has 2 aliphatic rings. The van der Waals surface area contributed by atoms with Crippen LogP contribution < -0.4 is 15.4 Å². The minimum atomic E-state index is -4.41. The Kier molecular flexibility index (Phi) is 5.35. The number of aromatic nitrogens is 5. The molecule has 1 aliphatic heterocycles. The molecule has 1 aliphatic carbocycles. The molecule has 0 radical (unpaired) electrons. The van der Waals surface area contributed by atoms with Gasteiger partial charge in [0.2, 0.25) is 17.7 Å². The van der Waals surface area contributed by atoms with Crippen molar-refractivity contribution in [1.82, 2.24) is 24.9 Å². The van der Waals surface area contributed by atoms with Gasteiger partial charge in [-0.05, 0) is 24.0 Å². The normalized spacial score (nSPS) is 15.6. The molecule has 0 unspecified atom stereocenters. The van der Waals surface area contributed by atoms with Gasteiger partial charge in [-0.2, -0.15) is 18.3 Å². The molecule has 3 aromatic heterocycles. The van der Waals surface area contributed by atoms with E-state index in [1.165, 1.54) is 0 Å². The lowest BCUT2D eigenvalue weighted by Crippen LogP contribution is -2.28. The number of nitrogens with zero attached hydrogens (tertiary/aromatic N) is 5. The summed E-state index contributed by atoms with van der Waals surface area (Å²) < 4.78 is 51.9. The van der Waals surface area contributed by atoms with E-state index in [0.717, 1.165) is 17.2 Å². The minimum Gasteiger partial charge on any atom is -0.474 e. The second-order valence-corrected chi connectivity index (χ2v) is 8.93. The molecule has 0 saturated heterocycles. The Morgan fingerprint density at radius 1 is 1.08 bits per heavy atom. The summed E-state index contributed by atoms with van der Waals surface area (Å²) >= 11 is 0. The Morgan fingerprint density at radius 3 is 2.54 bits per heavy atom. The van der Waals surface area contributed by atoms with Crippen LogP contribution in [0, 0.1) is 0 Å². The SMILES string of the molecule is O=C(Cc1ccc(-c2cnc(Nc3cnn4c3OCC4)nc2)cc1)Nc1cc(C2(C(F)(F)F)CC2)on1. The highest BCUT2D eigenvalue weighted by Gasteiger charge is 2.66. The van der Waals surface area contributed by atoms with Gasteiger partial charge in [-0.1, -0.05) is 29.4 Å². The summed E-state index contributed by atoms with van der Waals surface area (Å²) in [5.74, 6) is 0.335. The van der Waals surface area contributed by atoms with Crippen molar-refractivity contribution in [3.8, 4) is 17.0 Å². The summed E-state index contributed by atoms with van der Waals surface area (Å²) in [5.41, 5.74) is 1.07. The van der Waals surface area contributed by atoms with Crippen molar-refractivity contribution >= 4 is 23.4 Å². The molecule has 0 bridgehead atoms. The van der Waals surface area contributed by atoms with Gasteiger partial charge in [-0.3, -0.25) is 4.79 Å². The molecule has 1 amide bonds. The average Bonchev–Trinajstić information content (AvgIpc) is 3.17. The molecule has 10 nitrogen and oxygen atoms in total. The van der Waals surface area contributed by atoms with Crippen LogP contribution >= 0.6 is 0 Å². The molecule has 0 atom stereocenters. The number of nitrogens with one attached hydrogen (secondary N) is 2. The van der Waals surface area contributed by atoms with Gasteiger partial charge in [-0.25, -0.2) is 14.6 Å². The highest BCUT2D eigenvalue weighted by molar-refractivity contribution is 5.91. The highest BCUT2D eigenvalue weighted by Crippen LogP contribution is 2.59. The van der Waals surface area contributed by atoms with Crippen LogP contribution in [-0.4, -0.2) is 43.6 Å². The summed E-state index contributed by atoms with van der Waals surface area (Å²) in [5, 5.41) is 13.4. The first kappa shape index (κ1) is 23.0. The molecule has 13 heteroatoms. The summed E-state index contributed by atoms with van der Waals surface area (Å²) in [4.78, 5) is 21.1. The zero-order valence-corrected chi connectivity index (χ0v) is 19.2. The van der Waals surface area contributed by atoms with Gasteiger partial charge in [0.1, 0.15) is 17.7 Å². The van der Waals surface area contributed by atoms with Gasteiger partial charge in [0.05, 0.1) is 19.2 Å². The van der Waals surface area contributed by atoms with E-state index in [9.17, 15) is 18.0 Å². The Bertz CT molecular complexity index is 1440. The summed E-state index contributed by atoms with van der Waals surface area (Å²) in [6.45, 7) is 1.29. The van der Waals surface area contributed by atoms with E-state index in [0.29, 0.717) is 36.2 Å². The first-order valence-electron chi connectivity index (χ1n) is 11.5. The van der Waals surface area contributed by atoms with E-state index in [1.54, 1.807) is 35.4 Å². The third-order valence-corrected chi connectivity index (χ3v) is 6.43. The number of rotatable bonds is 7. The molecule has 4 aromatic rings. The van der Waals surface area contributed by atoms with Crippen LogP contribution in [0.2, 0.25) is 0 Å². The number of hydrogen-bond acceptors (Lipinski definition) is 8. The predicted molar refractivity (Wildman–Crippen MR) is 124 cm³/mol. The topological polar surface area (TPSA) is 120 Å². The highest BCUT2D eigenvalue weighted by atomic mass is 19.4. The number of halogens is 3. The van der Waals surface area contributed by atoms with Crippen LogP contribution in [0.1, 0.15) is 24.2 Å². The molecule has 4 heterocycles. The van der Waals surface area contributed by atoms with Crippen molar-refractivity contribution in [2.75, 3.05) is 17.2 Å². The standard InChI is InChI=1S/C24H20F3N7O3/c25-24(26,27)23(5-6-23)18-10-19(33-37-18)32-20(35)9-14-1-3-15(4-2-14)16-11-28-22(29-12-16)31-17-13-30-34-7-8-36-21(17)34/h1-4,10-13H,5-9H2,(H,28,29,31)(H,32,33,35). The Morgan fingerprint density at radius 2 is 1.84 bits per heavy atom. The maximum atomic E-state index is 13.2. The van der Waals surface area contributed by atoms with Crippen LogP contribution in [-0.2, 0) is 23.2 Å². The molecule has 1 fully saturated rings. The monoisotopic (exact) mass is 511 g/mol. The van der Waals surface area contributed by atoms with Crippen LogP contribution in [0.3, 0.4) is 0 Å². The third-order valence-electron chi connectivity index (χ3n) is 6.43. The fraction of sp³-hybridized carbons (Fsp3) is 0.292. The van der Waals surface area contributed by atoms with E-state index in [-0.39, 0.29) is 30.8 Å². The Balaban J connectivity index is 1.06. The first-order chi connectivity index (χ1) is 17.8. The van der Waals surface area contributed by atoms with Gasteiger partial charge in [-0.15, -0.1) is 0 Å². The van der Waals surface area contributed by atoms with Gasteiger partial charge in [0.15, 0.2) is 11.6 Å². The Labute approximate surface area is 207 Å². The number of amides is 1. The second-order valence-electron chi connectivity index (χ2n) is 8.93. The second kappa shape index (κ2) is 8.61. The van der Waals surface area contributed by atoms with Gasteiger partial charge in [0.25, 0.3) is 0 Å². The van der Waals surface area contributed by atoms with Crippen LogP contribution in [0.25, 0.3) is 11.1 Å². The number of carbonyl (C=O) groups is 1. The van der Waals surface area contributed by atoms with E-state index in [4.69, 9.17) is 9.26 Å². The summed E-state index contributed by atoms with van der Waals surface area (Å²) in [7, 11) is 0. The molecule has 190 valence electrons. The number of ether oxygens (including phenoxy) is 1. The van der Waals surface area contributed by atoms with Gasteiger partial charge >= 0.3 is 6.18 Å². The number of anilines is 3. The van der Waals surface area contributed by atoms with Crippen molar-refractivity contribution in [2.45, 2.75) is 37.4 Å². The van der Waals surface area contributed by atoms with Crippen LogP contribution in [0.4, 0.5) is 30.6 Å². The Hall–Kier alpha value is -4.42. The molecule has 1 saturated carbocycles. The molecule has 6 rings (SSSR count). The van der Waals surface area contributed by atoms with E-state index >= 15 is 0 Å². The smallest absolute Gasteiger partial charge is 0.401 e. The van der Waals surface area contributed by atoms with Crippen molar-refractivity contribution in [3.63, 3.8) is 0 Å². The van der Waals surface area contributed by atoms with Crippen LogP contribution in [0.15, 0.2) is 53.4 Å². The predicted octanol–water partition coefficient (Wildman–Crippen LogP) is 4.24. The number of carbonyl (C=O) groups excluding carboxylic acids is 1. The van der Waals surface area contributed by atoms with Crippen molar-refractivity contribution in [3.05, 3.63) is 60.2 Å². The maximum absolute atomic E-state index is 13.2. The number of alkyl halides is 3.